The van der Waals surface area contributed by atoms with Crippen LogP contribution in [0.5, 0.6) is 0 Å². The smallest absolute Gasteiger partial charge is 0.191 e. The Morgan fingerprint density at radius 2 is 1.95 bits per heavy atom. The summed E-state index contributed by atoms with van der Waals surface area (Å²) in [5.74, 6) is 1.66. The summed E-state index contributed by atoms with van der Waals surface area (Å²) in [6.07, 6.45) is 5.73. The van der Waals surface area contributed by atoms with Crippen molar-refractivity contribution < 1.29 is 8.42 Å². The number of rotatable bonds is 4. The zero-order chi connectivity index (χ0) is 14.6. The summed E-state index contributed by atoms with van der Waals surface area (Å²) in [6, 6.07) is 0.849. The highest BCUT2D eigenvalue weighted by atomic mass is 32.2. The van der Waals surface area contributed by atoms with Crippen molar-refractivity contribution >= 4 is 15.8 Å². The second-order valence-electron chi connectivity index (χ2n) is 6.38. The molecular formula is C14H27N3O2S. The molecule has 1 saturated heterocycles. The number of sulfone groups is 1. The molecule has 0 aromatic carbocycles. The Hall–Kier alpha value is -0.780. The minimum Gasteiger partial charge on any atom is -0.354 e. The van der Waals surface area contributed by atoms with E-state index in [-0.39, 0.29) is 5.92 Å². The molecule has 2 fully saturated rings. The number of hydrogen-bond acceptors (Lipinski definition) is 3. The van der Waals surface area contributed by atoms with Crippen molar-refractivity contribution in [2.45, 2.75) is 58.0 Å². The van der Waals surface area contributed by atoms with Crippen LogP contribution in [0.15, 0.2) is 4.99 Å². The van der Waals surface area contributed by atoms with Gasteiger partial charge in [-0.3, -0.25) is 4.99 Å². The van der Waals surface area contributed by atoms with Crippen molar-refractivity contribution in [1.82, 2.24) is 10.6 Å². The van der Waals surface area contributed by atoms with E-state index in [0.29, 0.717) is 30.1 Å². The summed E-state index contributed by atoms with van der Waals surface area (Å²) in [5, 5.41) is 6.82. The van der Waals surface area contributed by atoms with E-state index >= 15 is 0 Å². The second kappa shape index (κ2) is 6.78. The zero-order valence-corrected chi connectivity index (χ0v) is 13.4. The maximum absolute atomic E-state index is 11.5. The van der Waals surface area contributed by atoms with E-state index in [9.17, 15) is 8.42 Å². The molecule has 116 valence electrons. The van der Waals surface area contributed by atoms with Crippen LogP contribution in [0.3, 0.4) is 0 Å². The Labute approximate surface area is 122 Å². The molecule has 2 rings (SSSR count). The van der Waals surface area contributed by atoms with Crippen LogP contribution in [-0.4, -0.2) is 44.5 Å². The predicted octanol–water partition coefficient (Wildman–Crippen LogP) is 1.31. The van der Waals surface area contributed by atoms with Crippen molar-refractivity contribution in [2.24, 2.45) is 10.9 Å². The third kappa shape index (κ3) is 4.96. The Bertz CT molecular complexity index is 439. The average Bonchev–Trinajstić information content (AvgIpc) is 2.95. The minimum absolute atomic E-state index is 0.189. The van der Waals surface area contributed by atoms with Crippen LogP contribution in [0, 0.1) is 5.92 Å². The van der Waals surface area contributed by atoms with Crippen LogP contribution in [0.25, 0.3) is 0 Å². The fraction of sp³-hybridized carbons (Fsp3) is 0.929. The van der Waals surface area contributed by atoms with Gasteiger partial charge in [-0.2, -0.15) is 0 Å². The van der Waals surface area contributed by atoms with Gasteiger partial charge in [0.2, 0.25) is 0 Å². The van der Waals surface area contributed by atoms with Gasteiger partial charge in [0.05, 0.1) is 11.5 Å². The van der Waals surface area contributed by atoms with E-state index in [2.05, 4.69) is 29.5 Å². The van der Waals surface area contributed by atoms with Gasteiger partial charge >= 0.3 is 0 Å². The Balaban J connectivity index is 1.89. The topological polar surface area (TPSA) is 70.6 Å². The van der Waals surface area contributed by atoms with Crippen molar-refractivity contribution in [2.75, 3.05) is 18.1 Å². The van der Waals surface area contributed by atoms with Gasteiger partial charge in [-0.15, -0.1) is 0 Å². The molecule has 0 aromatic heterocycles. The summed E-state index contributed by atoms with van der Waals surface area (Å²) in [4.78, 5) is 4.60. The first-order valence-electron chi connectivity index (χ1n) is 7.72. The van der Waals surface area contributed by atoms with Gasteiger partial charge in [0.1, 0.15) is 0 Å². The van der Waals surface area contributed by atoms with Gasteiger partial charge in [-0.05, 0) is 39.0 Å². The van der Waals surface area contributed by atoms with Gasteiger partial charge in [0, 0.05) is 18.6 Å². The number of nitrogens with one attached hydrogen (secondary N) is 2. The minimum atomic E-state index is -2.80. The lowest BCUT2D eigenvalue weighted by atomic mass is 10.1. The zero-order valence-electron chi connectivity index (χ0n) is 12.6. The fourth-order valence-corrected chi connectivity index (χ4v) is 4.76. The molecule has 0 radical (unpaired) electrons. The molecule has 0 spiro atoms. The SMILES string of the molecule is CC(C)NC(=NCC1CCS(=O)(=O)C1)NC1CCCC1. The molecule has 0 bridgehead atoms. The molecule has 20 heavy (non-hydrogen) atoms. The third-order valence-corrected chi connectivity index (χ3v) is 5.79. The van der Waals surface area contributed by atoms with Crippen LogP contribution >= 0.6 is 0 Å². The number of hydrogen-bond donors (Lipinski definition) is 2. The molecule has 1 unspecified atom stereocenters. The average molecular weight is 301 g/mol. The Morgan fingerprint density at radius 1 is 1.25 bits per heavy atom. The van der Waals surface area contributed by atoms with Crippen molar-refractivity contribution in [3.63, 3.8) is 0 Å². The lowest BCUT2D eigenvalue weighted by Crippen LogP contribution is -2.45. The summed E-state index contributed by atoms with van der Waals surface area (Å²) in [6.45, 7) is 4.78. The normalized spacial score (nSPS) is 27.1. The molecule has 0 aromatic rings. The number of guanidine groups is 1. The fourth-order valence-electron chi connectivity index (χ4n) is 2.91. The van der Waals surface area contributed by atoms with Gasteiger partial charge in [0.25, 0.3) is 0 Å². The van der Waals surface area contributed by atoms with E-state index in [0.717, 1.165) is 12.4 Å². The molecule has 1 aliphatic carbocycles. The summed E-state index contributed by atoms with van der Waals surface area (Å²) >= 11 is 0. The Morgan fingerprint density at radius 3 is 2.50 bits per heavy atom. The van der Waals surface area contributed by atoms with E-state index in [1.807, 2.05) is 0 Å². The molecule has 1 heterocycles. The third-order valence-electron chi connectivity index (χ3n) is 3.96. The molecule has 1 saturated carbocycles. The number of aliphatic imine (C=N–C) groups is 1. The van der Waals surface area contributed by atoms with Crippen molar-refractivity contribution in [3.8, 4) is 0 Å². The highest BCUT2D eigenvalue weighted by Crippen LogP contribution is 2.19. The maximum atomic E-state index is 11.5. The predicted molar refractivity (Wildman–Crippen MR) is 82.7 cm³/mol. The first-order chi connectivity index (χ1) is 9.44. The lowest BCUT2D eigenvalue weighted by molar-refractivity contribution is 0.574. The standard InChI is InChI=1S/C14H27N3O2S/c1-11(2)16-14(17-13-5-3-4-6-13)15-9-12-7-8-20(18,19)10-12/h11-13H,3-10H2,1-2H3,(H2,15,16,17). The first kappa shape index (κ1) is 15.6. The van der Waals surface area contributed by atoms with Crippen molar-refractivity contribution in [3.05, 3.63) is 0 Å². The molecule has 1 aliphatic heterocycles. The highest BCUT2D eigenvalue weighted by Gasteiger charge is 2.27. The molecule has 5 nitrogen and oxygen atoms in total. The molecular weight excluding hydrogens is 274 g/mol. The van der Waals surface area contributed by atoms with E-state index in [4.69, 9.17) is 0 Å². The lowest BCUT2D eigenvalue weighted by Gasteiger charge is -2.19. The molecule has 2 N–H and O–H groups in total. The van der Waals surface area contributed by atoms with Crippen LogP contribution in [0.2, 0.25) is 0 Å². The van der Waals surface area contributed by atoms with Gasteiger partial charge in [-0.1, -0.05) is 12.8 Å². The van der Waals surface area contributed by atoms with E-state index in [1.165, 1.54) is 25.7 Å². The van der Waals surface area contributed by atoms with Gasteiger partial charge in [0.15, 0.2) is 15.8 Å². The molecule has 6 heteroatoms. The van der Waals surface area contributed by atoms with Crippen LogP contribution in [0.4, 0.5) is 0 Å². The second-order valence-corrected chi connectivity index (χ2v) is 8.61. The molecule has 1 atom stereocenters. The van der Waals surface area contributed by atoms with E-state index in [1.54, 1.807) is 0 Å². The Kier molecular flexibility index (Phi) is 5.29. The quantitative estimate of drug-likeness (QED) is 0.607. The van der Waals surface area contributed by atoms with Gasteiger partial charge in [-0.25, -0.2) is 8.42 Å². The van der Waals surface area contributed by atoms with E-state index < -0.39 is 9.84 Å². The summed E-state index contributed by atoms with van der Waals surface area (Å²) in [5.41, 5.74) is 0. The molecule has 2 aliphatic rings. The maximum Gasteiger partial charge on any atom is 0.191 e. The first-order valence-corrected chi connectivity index (χ1v) is 9.55. The van der Waals surface area contributed by atoms with Gasteiger partial charge < -0.3 is 10.6 Å². The van der Waals surface area contributed by atoms with Crippen LogP contribution < -0.4 is 10.6 Å². The summed E-state index contributed by atoms with van der Waals surface area (Å²) < 4.78 is 22.9. The van der Waals surface area contributed by atoms with Crippen LogP contribution in [-0.2, 0) is 9.84 Å². The summed E-state index contributed by atoms with van der Waals surface area (Å²) in [7, 11) is -2.80. The number of nitrogens with zero attached hydrogens (tertiary/aromatic N) is 1. The van der Waals surface area contributed by atoms with Crippen LogP contribution in [0.1, 0.15) is 46.0 Å². The monoisotopic (exact) mass is 301 g/mol. The van der Waals surface area contributed by atoms with Crippen molar-refractivity contribution in [1.29, 1.82) is 0 Å². The highest BCUT2D eigenvalue weighted by molar-refractivity contribution is 7.91. The molecule has 0 amide bonds. The largest absolute Gasteiger partial charge is 0.354 e.